The SMILES string of the molecule is C/C=C\C(=C/C)CN1CCCC1. The van der Waals surface area contributed by atoms with Gasteiger partial charge < -0.3 is 0 Å². The Bertz CT molecular complexity index is 173. The van der Waals surface area contributed by atoms with E-state index in [2.05, 4.69) is 37.0 Å². The first-order valence-electron chi connectivity index (χ1n) is 4.87. The number of likely N-dealkylation sites (tertiary alicyclic amines) is 1. The van der Waals surface area contributed by atoms with Crippen molar-refractivity contribution in [2.24, 2.45) is 0 Å². The summed E-state index contributed by atoms with van der Waals surface area (Å²) in [7, 11) is 0. The molecule has 1 aliphatic heterocycles. The van der Waals surface area contributed by atoms with Crippen molar-refractivity contribution in [2.45, 2.75) is 26.7 Å². The summed E-state index contributed by atoms with van der Waals surface area (Å²) in [6, 6.07) is 0. The van der Waals surface area contributed by atoms with E-state index >= 15 is 0 Å². The number of nitrogens with zero attached hydrogens (tertiary/aromatic N) is 1. The van der Waals surface area contributed by atoms with Crippen LogP contribution >= 0.6 is 0 Å². The maximum absolute atomic E-state index is 2.52. The Morgan fingerprint density at radius 1 is 1.25 bits per heavy atom. The van der Waals surface area contributed by atoms with Crippen LogP contribution in [0.15, 0.2) is 23.8 Å². The minimum Gasteiger partial charge on any atom is -0.299 e. The number of hydrogen-bond acceptors (Lipinski definition) is 1. The lowest BCUT2D eigenvalue weighted by molar-refractivity contribution is 0.371. The third-order valence-electron chi connectivity index (χ3n) is 2.36. The second-order valence-corrected chi connectivity index (χ2v) is 3.35. The molecular formula is C11H19N. The lowest BCUT2D eigenvalue weighted by Gasteiger charge is -2.14. The van der Waals surface area contributed by atoms with Crippen molar-refractivity contribution in [3.63, 3.8) is 0 Å². The van der Waals surface area contributed by atoms with Crippen LogP contribution in [0.25, 0.3) is 0 Å². The van der Waals surface area contributed by atoms with E-state index in [1.54, 1.807) is 0 Å². The molecule has 1 saturated heterocycles. The molecule has 1 fully saturated rings. The average Bonchev–Trinajstić information content (AvgIpc) is 2.56. The molecule has 68 valence electrons. The second-order valence-electron chi connectivity index (χ2n) is 3.35. The van der Waals surface area contributed by atoms with Gasteiger partial charge in [0.2, 0.25) is 0 Å². The Kier molecular flexibility index (Phi) is 4.09. The van der Waals surface area contributed by atoms with Gasteiger partial charge in [-0.3, -0.25) is 4.90 Å². The molecule has 1 heteroatoms. The van der Waals surface area contributed by atoms with Gasteiger partial charge in [-0.1, -0.05) is 18.2 Å². The molecule has 0 unspecified atom stereocenters. The third-order valence-corrected chi connectivity index (χ3v) is 2.36. The molecule has 1 rings (SSSR count). The minimum absolute atomic E-state index is 1.14. The van der Waals surface area contributed by atoms with Gasteiger partial charge in [0.05, 0.1) is 0 Å². The van der Waals surface area contributed by atoms with Gasteiger partial charge in [-0.2, -0.15) is 0 Å². The fourth-order valence-corrected chi connectivity index (χ4v) is 1.65. The highest BCUT2D eigenvalue weighted by molar-refractivity contribution is 5.19. The predicted molar refractivity (Wildman–Crippen MR) is 54.2 cm³/mol. The molecule has 0 aromatic rings. The van der Waals surface area contributed by atoms with E-state index < -0.39 is 0 Å². The van der Waals surface area contributed by atoms with E-state index in [9.17, 15) is 0 Å². The highest BCUT2D eigenvalue weighted by Gasteiger charge is 2.10. The van der Waals surface area contributed by atoms with Crippen LogP contribution < -0.4 is 0 Å². The van der Waals surface area contributed by atoms with Crippen molar-refractivity contribution < 1.29 is 0 Å². The van der Waals surface area contributed by atoms with Gasteiger partial charge in [0.1, 0.15) is 0 Å². The number of hydrogen-bond donors (Lipinski definition) is 0. The van der Waals surface area contributed by atoms with Crippen molar-refractivity contribution in [1.82, 2.24) is 4.90 Å². The van der Waals surface area contributed by atoms with Crippen molar-refractivity contribution in [2.75, 3.05) is 19.6 Å². The normalized spacial score (nSPS) is 21.0. The number of allylic oxidation sites excluding steroid dienone is 2. The second kappa shape index (κ2) is 5.15. The summed E-state index contributed by atoms with van der Waals surface area (Å²) in [6.45, 7) is 7.91. The maximum Gasteiger partial charge on any atom is 0.0230 e. The van der Waals surface area contributed by atoms with Gasteiger partial charge >= 0.3 is 0 Å². The molecule has 0 N–H and O–H groups in total. The molecular weight excluding hydrogens is 146 g/mol. The lowest BCUT2D eigenvalue weighted by atomic mass is 10.2. The molecule has 1 aliphatic rings. The third kappa shape index (κ3) is 2.82. The lowest BCUT2D eigenvalue weighted by Crippen LogP contribution is -2.21. The summed E-state index contributed by atoms with van der Waals surface area (Å²) in [4.78, 5) is 2.52. The fourth-order valence-electron chi connectivity index (χ4n) is 1.65. The van der Waals surface area contributed by atoms with Gasteiger partial charge in [0, 0.05) is 6.54 Å². The van der Waals surface area contributed by atoms with Crippen molar-refractivity contribution in [3.05, 3.63) is 23.8 Å². The first-order chi connectivity index (χ1) is 5.86. The predicted octanol–water partition coefficient (Wildman–Crippen LogP) is 2.60. The topological polar surface area (TPSA) is 3.24 Å². The Labute approximate surface area is 75.8 Å². The summed E-state index contributed by atoms with van der Waals surface area (Å²) in [5, 5.41) is 0. The molecule has 0 saturated carbocycles. The van der Waals surface area contributed by atoms with Crippen molar-refractivity contribution in [3.8, 4) is 0 Å². The molecule has 0 bridgehead atoms. The first kappa shape index (κ1) is 9.53. The molecule has 0 aliphatic carbocycles. The average molecular weight is 165 g/mol. The van der Waals surface area contributed by atoms with Gasteiger partial charge in [-0.15, -0.1) is 0 Å². The van der Waals surface area contributed by atoms with Crippen molar-refractivity contribution >= 4 is 0 Å². The standard InChI is InChI=1S/C11H19N/c1-3-7-11(4-2)10-12-8-5-6-9-12/h3-4,7H,5-6,8-10H2,1-2H3/b7-3-,11-4+. The van der Waals surface area contributed by atoms with Crippen LogP contribution in [0.1, 0.15) is 26.7 Å². The fraction of sp³-hybridized carbons (Fsp3) is 0.636. The first-order valence-corrected chi connectivity index (χ1v) is 4.87. The van der Waals surface area contributed by atoms with Crippen molar-refractivity contribution in [1.29, 1.82) is 0 Å². The molecule has 0 atom stereocenters. The molecule has 1 heterocycles. The van der Waals surface area contributed by atoms with E-state index in [1.807, 2.05) is 0 Å². The van der Waals surface area contributed by atoms with Gasteiger partial charge in [-0.05, 0) is 45.4 Å². The minimum atomic E-state index is 1.14. The Balaban J connectivity index is 2.36. The molecule has 0 spiro atoms. The zero-order valence-corrected chi connectivity index (χ0v) is 8.21. The Morgan fingerprint density at radius 3 is 2.42 bits per heavy atom. The molecule has 0 radical (unpaired) electrons. The summed E-state index contributed by atoms with van der Waals surface area (Å²) >= 11 is 0. The van der Waals surface area contributed by atoms with Gasteiger partial charge in [0.25, 0.3) is 0 Å². The van der Waals surface area contributed by atoms with E-state index in [0.29, 0.717) is 0 Å². The summed E-state index contributed by atoms with van der Waals surface area (Å²) in [5.74, 6) is 0. The highest BCUT2D eigenvalue weighted by atomic mass is 15.1. The summed E-state index contributed by atoms with van der Waals surface area (Å²) in [6.07, 6.45) is 9.29. The van der Waals surface area contributed by atoms with Crippen LogP contribution in [0, 0.1) is 0 Å². The smallest absolute Gasteiger partial charge is 0.0230 e. The van der Waals surface area contributed by atoms with E-state index in [0.717, 1.165) is 6.54 Å². The van der Waals surface area contributed by atoms with Crippen LogP contribution in [-0.2, 0) is 0 Å². The van der Waals surface area contributed by atoms with Crippen LogP contribution in [-0.4, -0.2) is 24.5 Å². The van der Waals surface area contributed by atoms with Gasteiger partial charge in [-0.25, -0.2) is 0 Å². The summed E-state index contributed by atoms with van der Waals surface area (Å²) in [5.41, 5.74) is 1.44. The Hall–Kier alpha value is -0.560. The van der Waals surface area contributed by atoms with Crippen LogP contribution in [0.2, 0.25) is 0 Å². The quantitative estimate of drug-likeness (QED) is 0.581. The zero-order valence-electron chi connectivity index (χ0n) is 8.21. The highest BCUT2D eigenvalue weighted by Crippen LogP contribution is 2.10. The van der Waals surface area contributed by atoms with Gasteiger partial charge in [0.15, 0.2) is 0 Å². The van der Waals surface area contributed by atoms with Crippen LogP contribution in [0.5, 0.6) is 0 Å². The number of rotatable bonds is 3. The molecule has 0 aromatic heterocycles. The van der Waals surface area contributed by atoms with E-state index in [4.69, 9.17) is 0 Å². The molecule has 1 nitrogen and oxygen atoms in total. The van der Waals surface area contributed by atoms with E-state index in [1.165, 1.54) is 31.5 Å². The van der Waals surface area contributed by atoms with Crippen LogP contribution in [0.4, 0.5) is 0 Å². The summed E-state index contributed by atoms with van der Waals surface area (Å²) < 4.78 is 0. The molecule has 0 aromatic carbocycles. The Morgan fingerprint density at radius 2 is 1.92 bits per heavy atom. The maximum atomic E-state index is 2.52. The van der Waals surface area contributed by atoms with Crippen LogP contribution in [0.3, 0.4) is 0 Å². The zero-order chi connectivity index (χ0) is 8.81. The largest absolute Gasteiger partial charge is 0.299 e. The monoisotopic (exact) mass is 165 g/mol. The molecule has 12 heavy (non-hydrogen) atoms. The molecule has 0 amide bonds. The van der Waals surface area contributed by atoms with E-state index in [-0.39, 0.29) is 0 Å².